The Morgan fingerprint density at radius 1 is 1.33 bits per heavy atom. The van der Waals surface area contributed by atoms with Crippen molar-refractivity contribution in [1.82, 2.24) is 10.6 Å². The number of fused-ring (bicyclic) bond motifs is 1. The summed E-state index contributed by atoms with van der Waals surface area (Å²) < 4.78 is 10.9. The first-order valence-electron chi connectivity index (χ1n) is 7.15. The van der Waals surface area contributed by atoms with Crippen molar-refractivity contribution < 1.29 is 14.3 Å². The number of carbonyl (C=O) groups excluding carboxylic acids is 1. The number of halogens is 1. The second kappa shape index (κ2) is 7.64. The second-order valence-corrected chi connectivity index (χ2v) is 5.20. The maximum absolute atomic E-state index is 12.1. The molecule has 1 aromatic rings. The predicted molar refractivity (Wildman–Crippen MR) is 82.2 cm³/mol. The van der Waals surface area contributed by atoms with Crippen LogP contribution in [0.4, 0.5) is 0 Å². The van der Waals surface area contributed by atoms with Crippen molar-refractivity contribution in [2.75, 3.05) is 32.9 Å². The number of carbonyl (C=O) groups is 1. The van der Waals surface area contributed by atoms with Crippen LogP contribution >= 0.6 is 12.4 Å². The van der Waals surface area contributed by atoms with E-state index < -0.39 is 0 Å². The number of para-hydroxylation sites is 1. The zero-order valence-corrected chi connectivity index (χ0v) is 12.7. The zero-order chi connectivity index (χ0) is 13.8. The van der Waals surface area contributed by atoms with Crippen molar-refractivity contribution in [3.63, 3.8) is 0 Å². The van der Waals surface area contributed by atoms with E-state index in [9.17, 15) is 4.79 Å². The van der Waals surface area contributed by atoms with Crippen molar-refractivity contribution in [2.45, 2.75) is 18.4 Å². The topological polar surface area (TPSA) is 59.6 Å². The second-order valence-electron chi connectivity index (χ2n) is 5.20. The maximum atomic E-state index is 12.1. The lowest BCUT2D eigenvalue weighted by molar-refractivity contribution is -0.126. The smallest absolute Gasteiger partial charge is 0.239 e. The highest BCUT2D eigenvalue weighted by atomic mass is 35.5. The zero-order valence-electron chi connectivity index (χ0n) is 11.8. The van der Waals surface area contributed by atoms with Gasteiger partial charge >= 0.3 is 0 Å². The van der Waals surface area contributed by atoms with Crippen LogP contribution in [0.5, 0.6) is 5.75 Å². The van der Waals surface area contributed by atoms with Crippen LogP contribution in [0.25, 0.3) is 0 Å². The molecule has 0 spiro atoms. The average Bonchev–Trinajstić information content (AvgIpc) is 2.53. The van der Waals surface area contributed by atoms with Gasteiger partial charge in [0, 0.05) is 19.0 Å². The molecule has 2 aliphatic rings. The van der Waals surface area contributed by atoms with Gasteiger partial charge in [-0.15, -0.1) is 12.4 Å². The van der Waals surface area contributed by atoms with E-state index in [0.717, 1.165) is 18.7 Å². The fourth-order valence-corrected chi connectivity index (χ4v) is 2.71. The van der Waals surface area contributed by atoms with E-state index in [1.807, 2.05) is 18.2 Å². The highest BCUT2D eigenvalue weighted by Crippen LogP contribution is 2.32. The summed E-state index contributed by atoms with van der Waals surface area (Å²) in [5.74, 6) is 1.29. The maximum Gasteiger partial charge on any atom is 0.239 e. The molecule has 2 atom stereocenters. The Labute approximate surface area is 130 Å². The minimum absolute atomic E-state index is 0. The summed E-state index contributed by atoms with van der Waals surface area (Å²) in [6.07, 6.45) is 0.936. The minimum atomic E-state index is -0.223. The van der Waals surface area contributed by atoms with E-state index in [0.29, 0.717) is 32.3 Å². The van der Waals surface area contributed by atoms with E-state index >= 15 is 0 Å². The molecule has 6 heteroatoms. The molecule has 1 amide bonds. The third-order valence-corrected chi connectivity index (χ3v) is 3.84. The van der Waals surface area contributed by atoms with Gasteiger partial charge in [-0.1, -0.05) is 18.2 Å². The molecule has 116 valence electrons. The molecule has 0 aromatic heterocycles. The molecule has 2 heterocycles. The predicted octanol–water partition coefficient (Wildman–Crippen LogP) is 1.08. The lowest BCUT2D eigenvalue weighted by Crippen LogP contribution is -2.51. The van der Waals surface area contributed by atoms with Gasteiger partial charge in [0.15, 0.2) is 0 Å². The van der Waals surface area contributed by atoms with Crippen molar-refractivity contribution in [1.29, 1.82) is 0 Å². The van der Waals surface area contributed by atoms with Crippen LogP contribution < -0.4 is 15.4 Å². The minimum Gasteiger partial charge on any atom is -0.493 e. The number of morpholine rings is 1. The van der Waals surface area contributed by atoms with Crippen molar-refractivity contribution >= 4 is 18.3 Å². The molecule has 21 heavy (non-hydrogen) atoms. The number of amides is 1. The van der Waals surface area contributed by atoms with Gasteiger partial charge in [-0.2, -0.15) is 0 Å². The first-order valence-corrected chi connectivity index (χ1v) is 7.15. The molecule has 1 saturated heterocycles. The third kappa shape index (κ3) is 3.87. The van der Waals surface area contributed by atoms with Crippen LogP contribution in [0.1, 0.15) is 17.9 Å². The van der Waals surface area contributed by atoms with Gasteiger partial charge < -0.3 is 20.1 Å². The van der Waals surface area contributed by atoms with Gasteiger partial charge in [0.1, 0.15) is 11.8 Å². The molecule has 0 radical (unpaired) electrons. The lowest BCUT2D eigenvalue weighted by Gasteiger charge is -2.27. The molecule has 0 saturated carbocycles. The van der Waals surface area contributed by atoms with E-state index in [-0.39, 0.29) is 24.4 Å². The SMILES string of the molecule is Cl.O=C(NCC1CCOc2ccccc21)C1COCCN1. The summed E-state index contributed by atoms with van der Waals surface area (Å²) in [5.41, 5.74) is 1.19. The Bertz CT molecular complexity index is 478. The Kier molecular flexibility index (Phi) is 5.85. The molecule has 0 bridgehead atoms. The van der Waals surface area contributed by atoms with Crippen molar-refractivity contribution in [3.8, 4) is 5.75 Å². The molecule has 5 nitrogen and oxygen atoms in total. The lowest BCUT2D eigenvalue weighted by atomic mass is 9.93. The molecule has 2 unspecified atom stereocenters. The highest BCUT2D eigenvalue weighted by molar-refractivity contribution is 5.85. The molecular formula is C15H21ClN2O3. The summed E-state index contributed by atoms with van der Waals surface area (Å²) >= 11 is 0. The van der Waals surface area contributed by atoms with Crippen LogP contribution in [0, 0.1) is 0 Å². The molecule has 0 aliphatic carbocycles. The van der Waals surface area contributed by atoms with Gasteiger partial charge in [-0.05, 0) is 18.1 Å². The monoisotopic (exact) mass is 312 g/mol. The largest absolute Gasteiger partial charge is 0.493 e. The summed E-state index contributed by atoms with van der Waals surface area (Å²) in [5, 5.41) is 6.19. The van der Waals surface area contributed by atoms with Crippen LogP contribution in [0.3, 0.4) is 0 Å². The Balaban J connectivity index is 0.00000161. The Morgan fingerprint density at radius 3 is 3.00 bits per heavy atom. The number of hydrogen-bond acceptors (Lipinski definition) is 4. The molecule has 1 aromatic carbocycles. The number of hydrogen-bond donors (Lipinski definition) is 2. The standard InChI is InChI=1S/C15H20N2O3.ClH/c18-15(13-10-19-8-6-16-13)17-9-11-5-7-20-14-4-2-1-3-12(11)14;/h1-4,11,13,16H,5-10H2,(H,17,18);1H. The quantitative estimate of drug-likeness (QED) is 0.877. The molecule has 3 rings (SSSR count). The van der Waals surface area contributed by atoms with E-state index in [1.165, 1.54) is 5.56 Å². The molecule has 2 aliphatic heterocycles. The number of rotatable bonds is 3. The van der Waals surface area contributed by atoms with Crippen LogP contribution in [-0.2, 0) is 9.53 Å². The van der Waals surface area contributed by atoms with Crippen molar-refractivity contribution in [3.05, 3.63) is 29.8 Å². The van der Waals surface area contributed by atoms with Crippen LogP contribution in [0.2, 0.25) is 0 Å². The average molecular weight is 313 g/mol. The highest BCUT2D eigenvalue weighted by Gasteiger charge is 2.24. The van der Waals surface area contributed by atoms with Crippen LogP contribution in [-0.4, -0.2) is 44.9 Å². The fourth-order valence-electron chi connectivity index (χ4n) is 2.71. The first kappa shape index (κ1) is 16.1. The molecule has 1 fully saturated rings. The van der Waals surface area contributed by atoms with E-state index in [4.69, 9.17) is 9.47 Å². The summed E-state index contributed by atoms with van der Waals surface area (Å²) in [7, 11) is 0. The normalized spacial score (nSPS) is 24.2. The van der Waals surface area contributed by atoms with Gasteiger partial charge in [-0.3, -0.25) is 4.79 Å². The summed E-state index contributed by atoms with van der Waals surface area (Å²) in [4.78, 5) is 12.1. The fraction of sp³-hybridized carbons (Fsp3) is 0.533. The first-order chi connectivity index (χ1) is 9.84. The third-order valence-electron chi connectivity index (χ3n) is 3.84. The van der Waals surface area contributed by atoms with Gasteiger partial charge in [0.05, 0.1) is 19.8 Å². The van der Waals surface area contributed by atoms with E-state index in [1.54, 1.807) is 0 Å². The van der Waals surface area contributed by atoms with Crippen molar-refractivity contribution in [2.24, 2.45) is 0 Å². The van der Waals surface area contributed by atoms with Gasteiger partial charge in [-0.25, -0.2) is 0 Å². The molecule has 2 N–H and O–H groups in total. The van der Waals surface area contributed by atoms with Gasteiger partial charge in [0.25, 0.3) is 0 Å². The van der Waals surface area contributed by atoms with E-state index in [2.05, 4.69) is 16.7 Å². The Hall–Kier alpha value is -1.30. The Morgan fingerprint density at radius 2 is 2.19 bits per heavy atom. The summed E-state index contributed by atoms with van der Waals surface area (Å²) in [6, 6.07) is 7.83. The number of ether oxygens (including phenoxy) is 2. The van der Waals surface area contributed by atoms with Gasteiger partial charge in [0.2, 0.25) is 5.91 Å². The summed E-state index contributed by atoms with van der Waals surface area (Å²) in [6.45, 7) is 3.23. The molecular weight excluding hydrogens is 292 g/mol. The number of benzene rings is 1. The number of nitrogens with one attached hydrogen (secondary N) is 2. The van der Waals surface area contributed by atoms with Crippen LogP contribution in [0.15, 0.2) is 24.3 Å².